The second-order valence-corrected chi connectivity index (χ2v) is 12.3. The van der Waals surface area contributed by atoms with Gasteiger partial charge in [0.2, 0.25) is 0 Å². The molecule has 0 aliphatic rings. The molecule has 0 aliphatic heterocycles. The lowest BCUT2D eigenvalue weighted by molar-refractivity contribution is 0.557. The minimum Gasteiger partial charge on any atom is -0.278 e. The Hall–Kier alpha value is -1.66. The van der Waals surface area contributed by atoms with Crippen molar-refractivity contribution in [3.8, 4) is 11.4 Å². The molecule has 188 valence electrons. The van der Waals surface area contributed by atoms with Crippen molar-refractivity contribution in [2.45, 2.75) is 103 Å². The van der Waals surface area contributed by atoms with E-state index in [-0.39, 0.29) is 5.41 Å². The molecule has 2 aromatic heterocycles. The van der Waals surface area contributed by atoms with Gasteiger partial charge in [-0.2, -0.15) is 4.63 Å². The quantitative estimate of drug-likeness (QED) is 0.227. The Labute approximate surface area is 212 Å². The van der Waals surface area contributed by atoms with Crippen molar-refractivity contribution in [2.24, 2.45) is 0 Å². The van der Waals surface area contributed by atoms with Crippen LogP contribution in [0.2, 0.25) is 5.02 Å². The number of hydrogen-bond acceptors (Lipinski definition) is 3. The third-order valence-electron chi connectivity index (χ3n) is 6.23. The molecule has 5 nitrogen and oxygen atoms in total. The van der Waals surface area contributed by atoms with Gasteiger partial charge in [0.05, 0.1) is 5.69 Å². The van der Waals surface area contributed by atoms with Crippen LogP contribution < -0.4 is 0 Å². The Morgan fingerprint density at radius 2 is 1.65 bits per heavy atom. The lowest BCUT2D eigenvalue weighted by atomic mass is 9.92. The summed E-state index contributed by atoms with van der Waals surface area (Å²) in [4.78, 5) is 4.66. The molecule has 7 heteroatoms. The van der Waals surface area contributed by atoms with Gasteiger partial charge in [0.25, 0.3) is 0 Å². The molecule has 1 aromatic carbocycles. The third kappa shape index (κ3) is 7.67. The third-order valence-corrected chi connectivity index (χ3v) is 7.99. The van der Waals surface area contributed by atoms with Crippen LogP contribution in [-0.4, -0.2) is 29.8 Å². The molecule has 1 N–H and O–H groups in total. The molecule has 0 spiro atoms. The Morgan fingerprint density at radius 3 is 2.26 bits per heavy atom. The maximum absolute atomic E-state index is 12.6. The molecule has 3 rings (SSSR count). The number of fused-ring (bicyclic) bond motifs is 1. The smallest absolute Gasteiger partial charge is 0.194 e. The van der Waals surface area contributed by atoms with Gasteiger partial charge in [-0.1, -0.05) is 115 Å². The van der Waals surface area contributed by atoms with Crippen LogP contribution in [0.1, 0.15) is 103 Å². The van der Waals surface area contributed by atoms with Gasteiger partial charge in [0.1, 0.15) is 5.02 Å². The van der Waals surface area contributed by atoms with Crippen molar-refractivity contribution in [1.29, 1.82) is 0 Å². The fraction of sp³-hybridized carbons (Fsp3) is 0.630. The average molecular weight is 505 g/mol. The summed E-state index contributed by atoms with van der Waals surface area (Å²) in [5.41, 5.74) is 3.42. The van der Waals surface area contributed by atoms with Gasteiger partial charge < -0.3 is 0 Å². The predicted octanol–water partition coefficient (Wildman–Crippen LogP) is 7.84. The first-order valence-corrected chi connectivity index (χ1v) is 14.7. The summed E-state index contributed by atoms with van der Waals surface area (Å²) >= 11 is 6.56. The normalized spacial score (nSPS) is 13.1. The number of nitrogens with zero attached hydrogens (tertiary/aromatic N) is 3. The minimum atomic E-state index is -0.845. The summed E-state index contributed by atoms with van der Waals surface area (Å²) in [7, 11) is -0.845. The van der Waals surface area contributed by atoms with Gasteiger partial charge in [0.15, 0.2) is 11.5 Å². The van der Waals surface area contributed by atoms with Crippen LogP contribution in [0.5, 0.6) is 0 Å². The van der Waals surface area contributed by atoms with Crippen molar-refractivity contribution in [3.05, 3.63) is 40.5 Å². The zero-order chi connectivity index (χ0) is 24.6. The Balaban J connectivity index is 1.46. The van der Waals surface area contributed by atoms with E-state index < -0.39 is 10.8 Å². The highest BCUT2D eigenvalue weighted by Gasteiger charge is 2.24. The number of aromatic nitrogens is 4. The predicted molar refractivity (Wildman–Crippen MR) is 145 cm³/mol. The van der Waals surface area contributed by atoms with E-state index in [1.54, 1.807) is 4.63 Å². The van der Waals surface area contributed by atoms with E-state index in [1.165, 1.54) is 57.8 Å². The van der Waals surface area contributed by atoms with Crippen LogP contribution in [0.15, 0.2) is 24.3 Å². The van der Waals surface area contributed by atoms with Crippen LogP contribution in [0.3, 0.4) is 0 Å². The van der Waals surface area contributed by atoms with Gasteiger partial charge in [-0.15, -0.1) is 5.10 Å². The summed E-state index contributed by atoms with van der Waals surface area (Å²) in [6.45, 7) is 8.56. The molecule has 0 bridgehead atoms. The van der Waals surface area contributed by atoms with E-state index in [2.05, 4.69) is 42.9 Å². The van der Waals surface area contributed by atoms with E-state index >= 15 is 0 Å². The topological polar surface area (TPSA) is 63.0 Å². The highest BCUT2D eigenvalue weighted by Crippen LogP contribution is 2.31. The molecule has 0 fully saturated rings. The maximum atomic E-state index is 12.6. The maximum Gasteiger partial charge on any atom is 0.194 e. The first-order chi connectivity index (χ1) is 16.3. The van der Waals surface area contributed by atoms with Crippen molar-refractivity contribution in [2.75, 3.05) is 5.75 Å². The van der Waals surface area contributed by atoms with Gasteiger partial charge in [-0.3, -0.25) is 9.31 Å². The minimum absolute atomic E-state index is 0.113. The van der Waals surface area contributed by atoms with Gasteiger partial charge in [-0.25, -0.2) is 4.98 Å². The van der Waals surface area contributed by atoms with Crippen molar-refractivity contribution < 1.29 is 4.21 Å². The molecule has 0 saturated carbocycles. The lowest BCUT2D eigenvalue weighted by Gasteiger charge is -2.16. The zero-order valence-electron chi connectivity index (χ0n) is 21.3. The van der Waals surface area contributed by atoms with Crippen LogP contribution in [0, 0.1) is 0 Å². The molecular weight excluding hydrogens is 464 g/mol. The molecule has 2 heterocycles. The molecular formula is C27H41ClN4OS. The molecule has 1 atom stereocenters. The van der Waals surface area contributed by atoms with E-state index in [0.717, 1.165) is 29.0 Å². The largest absolute Gasteiger partial charge is 0.278 e. The number of benzene rings is 1. The number of halogens is 1. The standard InChI is InChI=1S/C27H41ClN4OS/c1-5-6-7-8-9-10-11-12-13-14-18-34(33)20-21-16-15-17-22(19-21)25-29-26-23(28)24(27(2,3)4)30-32(26)31-25/h15-17,19,30H,5-14,18,20H2,1-4H3. The molecule has 0 radical (unpaired) electrons. The van der Waals surface area contributed by atoms with Crippen molar-refractivity contribution in [1.82, 2.24) is 19.8 Å². The second kappa shape index (κ2) is 12.9. The van der Waals surface area contributed by atoms with E-state index in [0.29, 0.717) is 22.2 Å². The monoisotopic (exact) mass is 504 g/mol. The zero-order valence-corrected chi connectivity index (χ0v) is 22.9. The van der Waals surface area contributed by atoms with Gasteiger partial charge >= 0.3 is 0 Å². The number of unbranched alkanes of at least 4 members (excludes halogenated alkanes) is 9. The lowest BCUT2D eigenvalue weighted by Crippen LogP contribution is -2.13. The molecule has 0 amide bonds. The molecule has 3 aromatic rings. The number of H-pyrrole nitrogens is 1. The summed E-state index contributed by atoms with van der Waals surface area (Å²) in [5.74, 6) is 1.97. The number of rotatable bonds is 14. The van der Waals surface area contributed by atoms with Gasteiger partial charge in [-0.05, 0) is 18.1 Å². The molecule has 34 heavy (non-hydrogen) atoms. The van der Waals surface area contributed by atoms with E-state index in [9.17, 15) is 4.21 Å². The average Bonchev–Trinajstić information content (AvgIpc) is 3.35. The van der Waals surface area contributed by atoms with Gasteiger partial charge in [0, 0.05) is 33.3 Å². The highest BCUT2D eigenvalue weighted by atomic mass is 35.5. The summed E-state index contributed by atoms with van der Waals surface area (Å²) in [6.07, 6.45) is 13.0. The molecule has 0 aliphatic carbocycles. The van der Waals surface area contributed by atoms with E-state index in [1.807, 2.05) is 24.3 Å². The fourth-order valence-electron chi connectivity index (χ4n) is 4.23. The fourth-order valence-corrected chi connectivity index (χ4v) is 5.90. The first-order valence-electron chi connectivity index (χ1n) is 12.9. The number of nitrogens with one attached hydrogen (secondary N) is 1. The number of hydrogen-bond donors (Lipinski definition) is 1. The highest BCUT2D eigenvalue weighted by molar-refractivity contribution is 7.84. The van der Waals surface area contributed by atoms with Crippen LogP contribution in [0.4, 0.5) is 0 Å². The second-order valence-electron chi connectivity index (χ2n) is 10.4. The number of aromatic amines is 1. The summed E-state index contributed by atoms with van der Waals surface area (Å²) < 4.78 is 14.3. The SMILES string of the molecule is CCCCCCCCCCCCS(=O)Cc1cccc(-c2nc3c(Cl)c(C(C)(C)C)[nH]n3n2)c1. The Kier molecular flexibility index (Phi) is 10.2. The van der Waals surface area contributed by atoms with Crippen LogP contribution >= 0.6 is 11.6 Å². The Bertz CT molecular complexity index is 1070. The van der Waals surface area contributed by atoms with Crippen molar-refractivity contribution >= 4 is 28.0 Å². The van der Waals surface area contributed by atoms with Crippen LogP contribution in [0.25, 0.3) is 17.0 Å². The Morgan fingerprint density at radius 1 is 1.00 bits per heavy atom. The molecule has 0 saturated heterocycles. The van der Waals surface area contributed by atoms with Crippen LogP contribution in [-0.2, 0) is 22.0 Å². The molecule has 1 unspecified atom stereocenters. The van der Waals surface area contributed by atoms with E-state index in [4.69, 9.17) is 11.6 Å². The van der Waals surface area contributed by atoms with Crippen molar-refractivity contribution in [3.63, 3.8) is 0 Å². The summed E-state index contributed by atoms with van der Waals surface area (Å²) in [6, 6.07) is 8.05. The first kappa shape index (κ1) is 26.9. The summed E-state index contributed by atoms with van der Waals surface area (Å²) in [5, 5.41) is 8.46.